The molecule has 2 N–H and O–H groups in total. The average molecular weight is 489 g/mol. The molecule has 0 saturated carbocycles. The number of aliphatic imine (C=N–C) groups is 1. The van der Waals surface area contributed by atoms with Gasteiger partial charge in [0.2, 0.25) is 0 Å². The van der Waals surface area contributed by atoms with E-state index < -0.39 is 0 Å². The van der Waals surface area contributed by atoms with Gasteiger partial charge in [-0.2, -0.15) is 5.10 Å². The molecule has 27 heavy (non-hydrogen) atoms. The van der Waals surface area contributed by atoms with Crippen molar-refractivity contribution in [3.63, 3.8) is 0 Å². The zero-order chi connectivity index (χ0) is 18.6. The Bertz CT molecular complexity index is 675. The van der Waals surface area contributed by atoms with E-state index in [1.807, 2.05) is 26.1 Å². The van der Waals surface area contributed by atoms with Crippen LogP contribution in [0.3, 0.4) is 0 Å². The predicted molar refractivity (Wildman–Crippen MR) is 118 cm³/mol. The van der Waals surface area contributed by atoms with Gasteiger partial charge in [-0.15, -0.1) is 24.0 Å². The molecule has 0 amide bonds. The molecular weight excluding hydrogens is 460 g/mol. The summed E-state index contributed by atoms with van der Waals surface area (Å²) >= 11 is 0. The van der Waals surface area contributed by atoms with Crippen LogP contribution in [0.5, 0.6) is 0 Å². The molecule has 0 fully saturated rings. The Morgan fingerprint density at radius 3 is 2.67 bits per heavy atom. The number of guanidine groups is 1. The van der Waals surface area contributed by atoms with E-state index in [1.54, 1.807) is 16.8 Å². The molecular formula is C19H29FIN5O. The second-order valence-electron chi connectivity index (χ2n) is 5.72. The fourth-order valence-corrected chi connectivity index (χ4v) is 2.39. The molecule has 1 aromatic heterocycles. The minimum atomic E-state index is -0.248. The van der Waals surface area contributed by atoms with Crippen LogP contribution >= 0.6 is 24.0 Å². The van der Waals surface area contributed by atoms with Crippen LogP contribution < -0.4 is 10.6 Å². The van der Waals surface area contributed by atoms with E-state index in [-0.39, 0.29) is 29.8 Å². The maximum Gasteiger partial charge on any atom is 0.191 e. The minimum absolute atomic E-state index is 0. The number of nitrogens with zero attached hydrogens (tertiary/aromatic N) is 3. The minimum Gasteiger partial charge on any atom is -0.382 e. The van der Waals surface area contributed by atoms with Gasteiger partial charge in [-0.25, -0.2) is 9.07 Å². The number of hydrogen-bond donors (Lipinski definition) is 2. The van der Waals surface area contributed by atoms with E-state index in [9.17, 15) is 4.39 Å². The maximum atomic E-state index is 13.0. The van der Waals surface area contributed by atoms with Crippen molar-refractivity contribution in [2.45, 2.75) is 26.7 Å². The first kappa shape index (κ1) is 23.4. The largest absolute Gasteiger partial charge is 0.382 e. The number of ether oxygens (including phenoxy) is 1. The van der Waals surface area contributed by atoms with Crippen LogP contribution in [0, 0.1) is 5.82 Å². The zero-order valence-electron chi connectivity index (χ0n) is 15.9. The quantitative estimate of drug-likeness (QED) is 0.233. The monoisotopic (exact) mass is 489 g/mol. The Kier molecular flexibility index (Phi) is 11.7. The molecule has 1 aromatic carbocycles. The number of halogens is 2. The van der Waals surface area contributed by atoms with Crippen LogP contribution in [0.25, 0.3) is 5.69 Å². The molecule has 6 nitrogen and oxygen atoms in total. The van der Waals surface area contributed by atoms with Crippen molar-refractivity contribution in [3.05, 3.63) is 48.0 Å². The van der Waals surface area contributed by atoms with Crippen molar-refractivity contribution < 1.29 is 9.13 Å². The molecule has 0 unspecified atom stereocenters. The molecule has 0 radical (unpaired) electrons. The molecule has 2 aromatic rings. The van der Waals surface area contributed by atoms with Crippen LogP contribution in [0.2, 0.25) is 0 Å². The fraction of sp³-hybridized carbons (Fsp3) is 0.474. The van der Waals surface area contributed by atoms with Gasteiger partial charge in [0, 0.05) is 45.5 Å². The number of nitrogens with one attached hydrogen (secondary N) is 2. The van der Waals surface area contributed by atoms with Crippen molar-refractivity contribution >= 4 is 29.9 Å². The summed E-state index contributed by atoms with van der Waals surface area (Å²) in [6, 6.07) is 8.26. The summed E-state index contributed by atoms with van der Waals surface area (Å²) in [5, 5.41) is 11.1. The average Bonchev–Trinajstić information content (AvgIpc) is 3.11. The standard InChI is InChI=1S/C19H28FN5O.HI/c1-3-21-19(22-12-5-15-26-4-2)23-13-10-17-11-14-25(24-17)18-8-6-16(20)7-9-18;/h6-9,11,14H,3-5,10,12-13,15H2,1-2H3,(H2,21,22,23);1H. The Morgan fingerprint density at radius 2 is 1.96 bits per heavy atom. The van der Waals surface area contributed by atoms with E-state index in [1.165, 1.54) is 12.1 Å². The molecule has 0 aliphatic carbocycles. The van der Waals surface area contributed by atoms with E-state index in [4.69, 9.17) is 4.74 Å². The number of benzene rings is 1. The molecule has 0 atom stereocenters. The van der Waals surface area contributed by atoms with E-state index >= 15 is 0 Å². The first-order chi connectivity index (χ1) is 12.7. The van der Waals surface area contributed by atoms with Gasteiger partial charge in [0.15, 0.2) is 5.96 Å². The van der Waals surface area contributed by atoms with Crippen LogP contribution in [-0.4, -0.2) is 48.6 Å². The van der Waals surface area contributed by atoms with Gasteiger partial charge in [0.05, 0.1) is 11.4 Å². The van der Waals surface area contributed by atoms with Crippen LogP contribution in [0.4, 0.5) is 4.39 Å². The first-order valence-corrected chi connectivity index (χ1v) is 9.13. The molecule has 0 saturated heterocycles. The highest BCUT2D eigenvalue weighted by molar-refractivity contribution is 14.0. The molecule has 0 bridgehead atoms. The molecule has 8 heteroatoms. The van der Waals surface area contributed by atoms with Gasteiger partial charge in [-0.1, -0.05) is 0 Å². The SMILES string of the molecule is CCNC(=NCCCOCC)NCCc1ccn(-c2ccc(F)cc2)n1.I. The second kappa shape index (κ2) is 13.5. The lowest BCUT2D eigenvalue weighted by Crippen LogP contribution is -2.38. The van der Waals surface area contributed by atoms with Crippen LogP contribution in [-0.2, 0) is 11.2 Å². The van der Waals surface area contributed by atoms with E-state index in [0.29, 0.717) is 0 Å². The Hall–Kier alpha value is -1.68. The number of aromatic nitrogens is 2. The third-order valence-corrected chi connectivity index (χ3v) is 3.67. The lowest BCUT2D eigenvalue weighted by Gasteiger charge is -2.10. The Balaban J connectivity index is 0.00000364. The number of rotatable bonds is 10. The zero-order valence-corrected chi connectivity index (χ0v) is 18.3. The van der Waals surface area contributed by atoms with Crippen LogP contribution in [0.15, 0.2) is 41.5 Å². The number of hydrogen-bond acceptors (Lipinski definition) is 3. The van der Waals surface area contributed by atoms with Gasteiger partial charge >= 0.3 is 0 Å². The molecule has 0 spiro atoms. The van der Waals surface area contributed by atoms with Gasteiger partial charge in [0.25, 0.3) is 0 Å². The van der Waals surface area contributed by atoms with Crippen molar-refractivity contribution in [2.75, 3.05) is 32.8 Å². The summed E-state index contributed by atoms with van der Waals surface area (Å²) in [4.78, 5) is 4.53. The van der Waals surface area contributed by atoms with Crippen molar-refractivity contribution in [1.29, 1.82) is 0 Å². The highest BCUT2D eigenvalue weighted by Gasteiger charge is 2.03. The second-order valence-corrected chi connectivity index (χ2v) is 5.72. The van der Waals surface area contributed by atoms with E-state index in [2.05, 4.69) is 20.7 Å². The van der Waals surface area contributed by atoms with Crippen LogP contribution in [0.1, 0.15) is 26.0 Å². The maximum absolute atomic E-state index is 13.0. The lowest BCUT2D eigenvalue weighted by atomic mass is 10.3. The summed E-state index contributed by atoms with van der Waals surface area (Å²) in [7, 11) is 0. The molecule has 150 valence electrons. The molecule has 1 heterocycles. The summed E-state index contributed by atoms with van der Waals surface area (Å²) in [5.74, 6) is 0.559. The predicted octanol–water partition coefficient (Wildman–Crippen LogP) is 3.15. The third kappa shape index (κ3) is 8.70. The van der Waals surface area contributed by atoms with Crippen molar-refractivity contribution in [2.24, 2.45) is 4.99 Å². The van der Waals surface area contributed by atoms with E-state index in [0.717, 1.165) is 63.0 Å². The molecule has 2 rings (SSSR count). The highest BCUT2D eigenvalue weighted by Crippen LogP contribution is 2.09. The molecule has 0 aliphatic rings. The smallest absolute Gasteiger partial charge is 0.191 e. The van der Waals surface area contributed by atoms with Gasteiger partial charge < -0.3 is 15.4 Å². The normalized spacial score (nSPS) is 11.1. The summed E-state index contributed by atoms with van der Waals surface area (Å²) in [6.45, 7) is 7.80. The molecule has 0 aliphatic heterocycles. The van der Waals surface area contributed by atoms with Gasteiger partial charge in [-0.3, -0.25) is 4.99 Å². The Morgan fingerprint density at radius 1 is 1.19 bits per heavy atom. The highest BCUT2D eigenvalue weighted by atomic mass is 127. The van der Waals surface area contributed by atoms with Crippen molar-refractivity contribution in [3.8, 4) is 5.69 Å². The summed E-state index contributed by atoms with van der Waals surface area (Å²) < 4.78 is 20.1. The fourth-order valence-electron chi connectivity index (χ4n) is 2.39. The summed E-state index contributed by atoms with van der Waals surface area (Å²) in [5.41, 5.74) is 1.81. The topological polar surface area (TPSA) is 63.5 Å². The summed E-state index contributed by atoms with van der Waals surface area (Å²) in [6.07, 6.45) is 3.57. The lowest BCUT2D eigenvalue weighted by molar-refractivity contribution is 0.146. The van der Waals surface area contributed by atoms with Gasteiger partial charge in [0.1, 0.15) is 5.82 Å². The van der Waals surface area contributed by atoms with Gasteiger partial charge in [-0.05, 0) is 50.6 Å². The van der Waals surface area contributed by atoms with Crippen molar-refractivity contribution in [1.82, 2.24) is 20.4 Å². The Labute approximate surface area is 177 Å². The first-order valence-electron chi connectivity index (χ1n) is 9.13. The third-order valence-electron chi connectivity index (χ3n) is 3.67.